The van der Waals surface area contributed by atoms with E-state index in [1.807, 2.05) is 6.92 Å². The molecule has 3 aliphatic rings. The van der Waals surface area contributed by atoms with Gasteiger partial charge in [0.25, 0.3) is 0 Å². The number of carbonyl (C=O) groups excluding carboxylic acids is 2. The summed E-state index contributed by atoms with van der Waals surface area (Å²) in [5.41, 5.74) is 0. The van der Waals surface area contributed by atoms with Crippen LogP contribution in [0.1, 0.15) is 32.6 Å². The molecule has 2 N–H and O–H groups in total. The highest BCUT2D eigenvalue weighted by atomic mass is 16.2. The Balaban J connectivity index is 1.73. The summed E-state index contributed by atoms with van der Waals surface area (Å²) in [5.74, 6) is 1.32. The van der Waals surface area contributed by atoms with Gasteiger partial charge in [-0.15, -0.1) is 0 Å². The van der Waals surface area contributed by atoms with Gasteiger partial charge >= 0.3 is 0 Å². The van der Waals surface area contributed by atoms with E-state index in [-0.39, 0.29) is 23.9 Å². The molecule has 2 aliphatic heterocycles. The lowest BCUT2D eigenvalue weighted by Gasteiger charge is -2.37. The van der Waals surface area contributed by atoms with Crippen molar-refractivity contribution in [3.8, 4) is 0 Å². The lowest BCUT2D eigenvalue weighted by molar-refractivity contribution is -0.145. The average Bonchev–Trinajstić information content (AvgIpc) is 3.00. The molecule has 1 saturated carbocycles. The van der Waals surface area contributed by atoms with E-state index in [0.717, 1.165) is 13.0 Å². The Labute approximate surface area is 114 Å². The molecule has 0 spiro atoms. The Morgan fingerprint density at radius 2 is 2.26 bits per heavy atom. The van der Waals surface area contributed by atoms with Gasteiger partial charge in [-0.1, -0.05) is 13.3 Å². The maximum absolute atomic E-state index is 12.7. The molecule has 0 aromatic heterocycles. The lowest BCUT2D eigenvalue weighted by Crippen LogP contribution is -2.60. The molecule has 3 rings (SSSR count). The lowest BCUT2D eigenvalue weighted by atomic mass is 9.92. The first kappa shape index (κ1) is 12.9. The van der Waals surface area contributed by atoms with Crippen molar-refractivity contribution in [3.05, 3.63) is 0 Å². The zero-order chi connectivity index (χ0) is 13.4. The van der Waals surface area contributed by atoms with E-state index >= 15 is 0 Å². The summed E-state index contributed by atoms with van der Waals surface area (Å²) in [5, 5.41) is 6.24. The predicted octanol–water partition coefficient (Wildman–Crippen LogP) is 0.112. The molecule has 0 aromatic carbocycles. The SMILES string of the molecule is CCC1C(=O)NCCN1C(=O)C1NCC2CCCC21. The van der Waals surface area contributed by atoms with Crippen molar-refractivity contribution in [3.63, 3.8) is 0 Å². The molecule has 0 aromatic rings. The molecular formula is C14H23N3O2. The van der Waals surface area contributed by atoms with Crippen molar-refractivity contribution in [2.45, 2.75) is 44.7 Å². The van der Waals surface area contributed by atoms with Gasteiger partial charge in [0.15, 0.2) is 0 Å². The summed E-state index contributed by atoms with van der Waals surface area (Å²) < 4.78 is 0. The van der Waals surface area contributed by atoms with Crippen LogP contribution >= 0.6 is 0 Å². The predicted molar refractivity (Wildman–Crippen MR) is 71.4 cm³/mol. The van der Waals surface area contributed by atoms with Crippen LogP contribution in [-0.2, 0) is 9.59 Å². The monoisotopic (exact) mass is 265 g/mol. The third-order valence-electron chi connectivity index (χ3n) is 5.01. The molecule has 5 heteroatoms. The molecule has 0 radical (unpaired) electrons. The van der Waals surface area contributed by atoms with E-state index in [9.17, 15) is 9.59 Å². The van der Waals surface area contributed by atoms with Crippen molar-refractivity contribution < 1.29 is 9.59 Å². The second-order valence-electron chi connectivity index (χ2n) is 5.99. The highest BCUT2D eigenvalue weighted by molar-refractivity contribution is 5.91. The van der Waals surface area contributed by atoms with Crippen molar-refractivity contribution >= 4 is 11.8 Å². The fourth-order valence-electron chi connectivity index (χ4n) is 4.02. The Kier molecular flexibility index (Phi) is 3.48. The van der Waals surface area contributed by atoms with E-state index in [2.05, 4.69) is 10.6 Å². The third-order valence-corrected chi connectivity index (χ3v) is 5.01. The smallest absolute Gasteiger partial charge is 0.242 e. The van der Waals surface area contributed by atoms with Gasteiger partial charge in [0.2, 0.25) is 11.8 Å². The van der Waals surface area contributed by atoms with Gasteiger partial charge in [-0.3, -0.25) is 9.59 Å². The number of carbonyl (C=O) groups is 2. The van der Waals surface area contributed by atoms with E-state index in [1.165, 1.54) is 12.8 Å². The Hall–Kier alpha value is -1.10. The minimum absolute atomic E-state index is 0.00284. The normalized spacial score (nSPS) is 38.2. The number of nitrogens with zero attached hydrogens (tertiary/aromatic N) is 1. The fourth-order valence-corrected chi connectivity index (χ4v) is 4.02. The summed E-state index contributed by atoms with van der Waals surface area (Å²) in [6.07, 6.45) is 4.35. The van der Waals surface area contributed by atoms with Gasteiger partial charge in [0.05, 0.1) is 6.04 Å². The van der Waals surface area contributed by atoms with Crippen LogP contribution in [-0.4, -0.2) is 48.4 Å². The van der Waals surface area contributed by atoms with Crippen LogP contribution in [0.4, 0.5) is 0 Å². The fraction of sp³-hybridized carbons (Fsp3) is 0.857. The molecule has 2 saturated heterocycles. The van der Waals surface area contributed by atoms with Crippen LogP contribution in [0.5, 0.6) is 0 Å². The number of rotatable bonds is 2. The standard InChI is InChI=1S/C14H23N3O2/c1-2-11-13(18)15-6-7-17(11)14(19)12-10-5-3-4-9(10)8-16-12/h9-12,16H,2-8H2,1H3,(H,15,18). The summed E-state index contributed by atoms with van der Waals surface area (Å²) >= 11 is 0. The Morgan fingerprint density at radius 3 is 3.05 bits per heavy atom. The molecule has 3 fully saturated rings. The molecule has 19 heavy (non-hydrogen) atoms. The van der Waals surface area contributed by atoms with Crippen LogP contribution in [0.3, 0.4) is 0 Å². The number of fused-ring (bicyclic) bond motifs is 1. The summed E-state index contributed by atoms with van der Waals surface area (Å²) in [4.78, 5) is 26.4. The van der Waals surface area contributed by atoms with E-state index in [1.54, 1.807) is 4.90 Å². The number of hydrogen-bond donors (Lipinski definition) is 2. The molecule has 0 bridgehead atoms. The molecule has 106 valence electrons. The zero-order valence-electron chi connectivity index (χ0n) is 11.5. The van der Waals surface area contributed by atoms with Crippen LogP contribution in [0.25, 0.3) is 0 Å². The quantitative estimate of drug-likeness (QED) is 0.745. The van der Waals surface area contributed by atoms with Crippen molar-refractivity contribution in [1.82, 2.24) is 15.5 Å². The van der Waals surface area contributed by atoms with Crippen LogP contribution in [0, 0.1) is 11.8 Å². The molecule has 2 amide bonds. The van der Waals surface area contributed by atoms with E-state index in [0.29, 0.717) is 31.3 Å². The minimum atomic E-state index is -0.275. The second kappa shape index (κ2) is 5.12. The van der Waals surface area contributed by atoms with Crippen LogP contribution in [0.2, 0.25) is 0 Å². The van der Waals surface area contributed by atoms with E-state index in [4.69, 9.17) is 0 Å². The van der Waals surface area contributed by atoms with Gasteiger partial charge in [-0.05, 0) is 37.6 Å². The summed E-state index contributed by atoms with van der Waals surface area (Å²) in [6.45, 7) is 4.18. The Morgan fingerprint density at radius 1 is 1.42 bits per heavy atom. The largest absolute Gasteiger partial charge is 0.353 e. The first-order valence-corrected chi connectivity index (χ1v) is 7.54. The van der Waals surface area contributed by atoms with Crippen molar-refractivity contribution in [1.29, 1.82) is 0 Å². The number of hydrogen-bond acceptors (Lipinski definition) is 3. The summed E-state index contributed by atoms with van der Waals surface area (Å²) in [7, 11) is 0. The second-order valence-corrected chi connectivity index (χ2v) is 5.99. The Bertz CT molecular complexity index is 385. The maximum atomic E-state index is 12.7. The van der Waals surface area contributed by atoms with Gasteiger partial charge in [-0.2, -0.15) is 0 Å². The van der Waals surface area contributed by atoms with Gasteiger partial charge in [0, 0.05) is 13.1 Å². The minimum Gasteiger partial charge on any atom is -0.353 e. The van der Waals surface area contributed by atoms with Crippen molar-refractivity contribution in [2.24, 2.45) is 11.8 Å². The number of amides is 2. The molecule has 4 unspecified atom stereocenters. The molecule has 1 aliphatic carbocycles. The molecular weight excluding hydrogens is 242 g/mol. The number of piperazine rings is 1. The van der Waals surface area contributed by atoms with E-state index < -0.39 is 0 Å². The highest BCUT2D eigenvalue weighted by Crippen LogP contribution is 2.38. The third kappa shape index (κ3) is 2.14. The van der Waals surface area contributed by atoms with Crippen molar-refractivity contribution in [2.75, 3.05) is 19.6 Å². The molecule has 2 heterocycles. The highest BCUT2D eigenvalue weighted by Gasteiger charge is 2.45. The number of nitrogens with one attached hydrogen (secondary N) is 2. The van der Waals surface area contributed by atoms with Gasteiger partial charge in [-0.25, -0.2) is 0 Å². The first-order chi connectivity index (χ1) is 9.22. The van der Waals surface area contributed by atoms with Crippen LogP contribution < -0.4 is 10.6 Å². The zero-order valence-corrected chi connectivity index (χ0v) is 11.5. The molecule has 5 nitrogen and oxygen atoms in total. The summed E-state index contributed by atoms with van der Waals surface area (Å²) in [6, 6.07) is -0.323. The average molecular weight is 265 g/mol. The first-order valence-electron chi connectivity index (χ1n) is 7.54. The van der Waals surface area contributed by atoms with Gasteiger partial charge in [0.1, 0.15) is 6.04 Å². The van der Waals surface area contributed by atoms with Gasteiger partial charge < -0.3 is 15.5 Å². The van der Waals surface area contributed by atoms with Crippen LogP contribution in [0.15, 0.2) is 0 Å². The molecule has 4 atom stereocenters. The maximum Gasteiger partial charge on any atom is 0.242 e. The topological polar surface area (TPSA) is 61.4 Å².